The molecular weight excluding hydrogens is 546 g/mol. The number of aromatic nitrogens is 2. The van der Waals surface area contributed by atoms with Crippen molar-refractivity contribution in [3.63, 3.8) is 0 Å². The van der Waals surface area contributed by atoms with E-state index in [4.69, 9.17) is 21.1 Å². The Hall–Kier alpha value is -3.88. The van der Waals surface area contributed by atoms with Crippen molar-refractivity contribution in [1.29, 1.82) is 0 Å². The monoisotopic (exact) mass is 575 g/mol. The fraction of sp³-hybridized carbons (Fsp3) is 0.258. The van der Waals surface area contributed by atoms with E-state index in [1.54, 1.807) is 18.4 Å². The van der Waals surface area contributed by atoms with Crippen molar-refractivity contribution in [2.24, 2.45) is 4.99 Å². The summed E-state index contributed by atoms with van der Waals surface area (Å²) in [4.78, 5) is 32.3. The van der Waals surface area contributed by atoms with Crippen molar-refractivity contribution in [3.05, 3.63) is 113 Å². The van der Waals surface area contributed by atoms with Crippen molar-refractivity contribution in [3.8, 4) is 11.4 Å². The van der Waals surface area contributed by atoms with Gasteiger partial charge in [-0.1, -0.05) is 47.2 Å². The number of thiazole rings is 1. The van der Waals surface area contributed by atoms with Gasteiger partial charge in [0.1, 0.15) is 5.75 Å². The van der Waals surface area contributed by atoms with Gasteiger partial charge in [-0.3, -0.25) is 9.36 Å². The van der Waals surface area contributed by atoms with E-state index in [0.29, 0.717) is 38.0 Å². The lowest BCUT2D eigenvalue weighted by Crippen LogP contribution is -2.39. The molecule has 5 rings (SSSR count). The Bertz CT molecular complexity index is 1810. The molecule has 0 amide bonds. The largest absolute Gasteiger partial charge is 0.494 e. The van der Waals surface area contributed by atoms with E-state index in [2.05, 4.69) is 9.56 Å². The Balaban J connectivity index is 1.68. The van der Waals surface area contributed by atoms with E-state index < -0.39 is 12.0 Å². The zero-order valence-corrected chi connectivity index (χ0v) is 24.6. The highest BCUT2D eigenvalue weighted by Gasteiger charge is 2.33. The summed E-state index contributed by atoms with van der Waals surface area (Å²) < 4.78 is 15.2. The second kappa shape index (κ2) is 11.3. The second-order valence-electron chi connectivity index (χ2n) is 9.42. The van der Waals surface area contributed by atoms with Crippen LogP contribution in [0.5, 0.6) is 5.75 Å². The maximum atomic E-state index is 14.0. The number of nitrogens with zero attached hydrogens (tertiary/aromatic N) is 3. The van der Waals surface area contributed by atoms with Crippen LogP contribution in [0.3, 0.4) is 0 Å². The van der Waals surface area contributed by atoms with Gasteiger partial charge in [-0.25, -0.2) is 9.79 Å². The van der Waals surface area contributed by atoms with E-state index in [9.17, 15) is 9.59 Å². The van der Waals surface area contributed by atoms with E-state index in [-0.39, 0.29) is 12.2 Å². The van der Waals surface area contributed by atoms with Gasteiger partial charge in [0.2, 0.25) is 0 Å². The molecule has 0 spiro atoms. The number of fused-ring (bicyclic) bond motifs is 1. The average Bonchev–Trinajstić information content (AvgIpc) is 3.38. The molecule has 0 saturated carbocycles. The first kappa shape index (κ1) is 27.7. The molecule has 3 heterocycles. The third kappa shape index (κ3) is 4.93. The number of hydrogen-bond acceptors (Lipinski definition) is 6. The Labute approximate surface area is 241 Å². The maximum Gasteiger partial charge on any atom is 0.338 e. The summed E-state index contributed by atoms with van der Waals surface area (Å²) in [6.45, 7) is 10.2. The third-order valence-electron chi connectivity index (χ3n) is 6.87. The van der Waals surface area contributed by atoms with Gasteiger partial charge in [-0.15, -0.1) is 0 Å². The van der Waals surface area contributed by atoms with Gasteiger partial charge in [0.15, 0.2) is 4.80 Å². The van der Waals surface area contributed by atoms with Crippen molar-refractivity contribution in [2.75, 3.05) is 13.2 Å². The van der Waals surface area contributed by atoms with Crippen LogP contribution in [0.4, 0.5) is 0 Å². The van der Waals surface area contributed by atoms with E-state index in [0.717, 1.165) is 28.2 Å². The normalized spacial score (nSPS) is 15.2. The minimum Gasteiger partial charge on any atom is -0.494 e. The molecular formula is C31H30ClN3O4S. The Morgan fingerprint density at radius 3 is 2.48 bits per heavy atom. The predicted octanol–water partition coefficient (Wildman–Crippen LogP) is 5.26. The first-order valence-corrected chi connectivity index (χ1v) is 14.3. The lowest BCUT2D eigenvalue weighted by molar-refractivity contribution is -0.139. The molecule has 40 heavy (non-hydrogen) atoms. The predicted molar refractivity (Wildman–Crippen MR) is 158 cm³/mol. The van der Waals surface area contributed by atoms with Gasteiger partial charge in [-0.2, -0.15) is 0 Å². The summed E-state index contributed by atoms with van der Waals surface area (Å²) in [7, 11) is 0. The molecule has 2 aromatic heterocycles. The number of carbonyl (C=O) groups is 1. The number of rotatable bonds is 7. The van der Waals surface area contributed by atoms with Gasteiger partial charge in [0.25, 0.3) is 5.56 Å². The standard InChI is InChI=1S/C31H30ClN3O4S/c1-6-38-23-14-12-21(13-15-23)28-27(30(37)39-7-2)19(4)33-31-35(28)29(36)26(40-31)17-22-16-18(3)34(20(22)5)25-11-9-8-10-24(25)32/h8-17,28H,6-7H2,1-5H3/b26-17-/t28-/m1/s1. The molecule has 9 heteroatoms. The second-order valence-corrected chi connectivity index (χ2v) is 10.8. The molecule has 0 bridgehead atoms. The molecule has 4 aromatic rings. The van der Waals surface area contributed by atoms with Gasteiger partial charge in [0.05, 0.1) is 45.8 Å². The number of allylic oxidation sites excluding steroid dienone is 1. The van der Waals surface area contributed by atoms with Crippen LogP contribution < -0.4 is 19.6 Å². The van der Waals surface area contributed by atoms with E-state index in [1.807, 2.05) is 81.4 Å². The van der Waals surface area contributed by atoms with Crippen molar-refractivity contribution in [2.45, 2.75) is 40.7 Å². The van der Waals surface area contributed by atoms with Crippen LogP contribution >= 0.6 is 22.9 Å². The fourth-order valence-electron chi connectivity index (χ4n) is 5.10. The molecule has 0 saturated heterocycles. The summed E-state index contributed by atoms with van der Waals surface area (Å²) in [5, 5.41) is 0.646. The zero-order valence-electron chi connectivity index (χ0n) is 23.0. The summed E-state index contributed by atoms with van der Waals surface area (Å²) in [6.07, 6.45) is 1.89. The molecule has 1 atom stereocenters. The van der Waals surface area contributed by atoms with Crippen LogP contribution in [0.2, 0.25) is 5.02 Å². The fourth-order valence-corrected chi connectivity index (χ4v) is 6.36. The molecule has 0 N–H and O–H groups in total. The molecule has 0 aliphatic carbocycles. The first-order valence-electron chi connectivity index (χ1n) is 13.1. The van der Waals surface area contributed by atoms with Crippen LogP contribution in [0.25, 0.3) is 11.8 Å². The van der Waals surface area contributed by atoms with Crippen LogP contribution in [0.1, 0.15) is 49.3 Å². The maximum absolute atomic E-state index is 14.0. The number of aryl methyl sites for hydroxylation is 1. The van der Waals surface area contributed by atoms with Crippen LogP contribution in [-0.2, 0) is 9.53 Å². The summed E-state index contributed by atoms with van der Waals surface area (Å²) in [6, 6.07) is 16.5. The quantitative estimate of drug-likeness (QED) is 0.282. The van der Waals surface area contributed by atoms with Crippen LogP contribution in [0.15, 0.2) is 75.7 Å². The summed E-state index contributed by atoms with van der Waals surface area (Å²) in [5.74, 6) is 0.228. The van der Waals surface area contributed by atoms with Crippen LogP contribution in [0, 0.1) is 13.8 Å². The number of halogens is 1. The number of hydrogen-bond donors (Lipinski definition) is 0. The Morgan fingerprint density at radius 2 is 1.80 bits per heavy atom. The van der Waals surface area contributed by atoms with Crippen molar-refractivity contribution in [1.82, 2.24) is 9.13 Å². The number of ether oxygens (including phenoxy) is 2. The average molecular weight is 576 g/mol. The van der Waals surface area contributed by atoms with E-state index >= 15 is 0 Å². The molecule has 1 aliphatic rings. The van der Waals surface area contributed by atoms with E-state index in [1.165, 1.54) is 11.3 Å². The van der Waals surface area contributed by atoms with Crippen LogP contribution in [-0.4, -0.2) is 28.3 Å². The lowest BCUT2D eigenvalue weighted by atomic mass is 9.96. The van der Waals surface area contributed by atoms with Crippen molar-refractivity contribution < 1.29 is 14.3 Å². The molecule has 0 radical (unpaired) electrons. The SMILES string of the molecule is CCOC(=O)C1=C(C)N=c2s/c(=C\c3cc(C)n(-c4ccccc4Cl)c3C)c(=O)n2[C@@H]1c1ccc(OCC)cc1. The molecule has 206 valence electrons. The number of carbonyl (C=O) groups excluding carboxylic acids is 1. The lowest BCUT2D eigenvalue weighted by Gasteiger charge is -2.24. The molecule has 1 aliphatic heterocycles. The van der Waals surface area contributed by atoms with Gasteiger partial charge < -0.3 is 14.0 Å². The minimum atomic E-state index is -0.677. The molecule has 7 nitrogen and oxygen atoms in total. The van der Waals surface area contributed by atoms with Crippen molar-refractivity contribution >= 4 is 35.0 Å². The zero-order chi connectivity index (χ0) is 28.6. The highest BCUT2D eigenvalue weighted by Crippen LogP contribution is 2.32. The third-order valence-corrected chi connectivity index (χ3v) is 8.18. The highest BCUT2D eigenvalue weighted by molar-refractivity contribution is 7.07. The smallest absolute Gasteiger partial charge is 0.338 e. The Kier molecular flexibility index (Phi) is 7.83. The highest BCUT2D eigenvalue weighted by atomic mass is 35.5. The van der Waals surface area contributed by atoms with Gasteiger partial charge >= 0.3 is 5.97 Å². The number of para-hydroxylation sites is 1. The number of esters is 1. The van der Waals surface area contributed by atoms with Gasteiger partial charge in [-0.05, 0) is 82.2 Å². The topological polar surface area (TPSA) is 74.8 Å². The minimum absolute atomic E-state index is 0.219. The summed E-state index contributed by atoms with van der Waals surface area (Å²) >= 11 is 7.80. The first-order chi connectivity index (χ1) is 19.2. The summed E-state index contributed by atoms with van der Waals surface area (Å²) in [5.41, 5.74) is 5.17. The molecule has 2 aromatic carbocycles. The Morgan fingerprint density at radius 1 is 1.07 bits per heavy atom. The van der Waals surface area contributed by atoms with Gasteiger partial charge in [0, 0.05) is 11.4 Å². The molecule has 0 unspecified atom stereocenters. The number of benzene rings is 2. The molecule has 0 fully saturated rings.